The van der Waals surface area contributed by atoms with E-state index in [-0.39, 0.29) is 0 Å². The van der Waals surface area contributed by atoms with Crippen molar-refractivity contribution in [3.8, 4) is 11.5 Å². The smallest absolute Gasteiger partial charge is 0.231 e. The number of rotatable bonds is 5. The first-order chi connectivity index (χ1) is 9.42. The maximum absolute atomic E-state index is 5.79. The van der Waals surface area contributed by atoms with Crippen molar-refractivity contribution in [2.24, 2.45) is 5.92 Å². The molecule has 1 aliphatic heterocycles. The van der Waals surface area contributed by atoms with E-state index in [2.05, 4.69) is 0 Å². The van der Waals surface area contributed by atoms with Crippen LogP contribution >= 0.6 is 0 Å². The van der Waals surface area contributed by atoms with Crippen LogP contribution in [0, 0.1) is 5.92 Å². The van der Waals surface area contributed by atoms with E-state index < -0.39 is 0 Å². The van der Waals surface area contributed by atoms with Crippen molar-refractivity contribution in [3.63, 3.8) is 0 Å². The summed E-state index contributed by atoms with van der Waals surface area (Å²) in [5, 5.41) is 0. The second kappa shape index (κ2) is 6.29. The zero-order chi connectivity index (χ0) is 12.9. The highest BCUT2D eigenvalue weighted by Crippen LogP contribution is 2.32. The average Bonchev–Trinajstić information content (AvgIpc) is 2.92. The van der Waals surface area contributed by atoms with Gasteiger partial charge in [0, 0.05) is 6.61 Å². The molecule has 3 heteroatoms. The van der Waals surface area contributed by atoms with Crippen LogP contribution in [-0.2, 0) is 11.3 Å². The molecule has 1 aliphatic carbocycles. The lowest BCUT2D eigenvalue weighted by molar-refractivity contribution is 0.101. The number of hydrogen-bond acceptors (Lipinski definition) is 3. The van der Waals surface area contributed by atoms with Crippen molar-refractivity contribution in [1.29, 1.82) is 0 Å². The predicted octanol–water partition coefficient (Wildman–Crippen LogP) is 3.90. The predicted molar refractivity (Wildman–Crippen MR) is 73.4 cm³/mol. The molecule has 1 saturated carbocycles. The molecule has 0 spiro atoms. The lowest BCUT2D eigenvalue weighted by atomic mass is 9.87. The summed E-state index contributed by atoms with van der Waals surface area (Å²) in [5.41, 5.74) is 1.16. The molecular weight excluding hydrogens is 240 g/mol. The highest BCUT2D eigenvalue weighted by atomic mass is 16.7. The fourth-order valence-corrected chi connectivity index (χ4v) is 2.95. The normalized spacial score (nSPS) is 18.7. The Morgan fingerprint density at radius 1 is 1.05 bits per heavy atom. The standard InChI is InChI=1S/C16H22O3/c1-2-4-13(5-3-1)8-9-17-11-14-6-7-15-16(10-14)19-12-18-15/h6-7,10,13H,1-5,8-9,11-12H2. The topological polar surface area (TPSA) is 27.7 Å². The van der Waals surface area contributed by atoms with Crippen molar-refractivity contribution in [3.05, 3.63) is 23.8 Å². The zero-order valence-corrected chi connectivity index (χ0v) is 11.4. The Hall–Kier alpha value is -1.22. The first-order valence-electron chi connectivity index (χ1n) is 7.38. The minimum Gasteiger partial charge on any atom is -0.454 e. The van der Waals surface area contributed by atoms with Crippen LogP contribution in [0.2, 0.25) is 0 Å². The van der Waals surface area contributed by atoms with Gasteiger partial charge >= 0.3 is 0 Å². The van der Waals surface area contributed by atoms with Gasteiger partial charge in [0.05, 0.1) is 6.61 Å². The molecule has 0 radical (unpaired) electrons. The second-order valence-corrected chi connectivity index (χ2v) is 5.53. The van der Waals surface area contributed by atoms with Crippen molar-refractivity contribution in [2.75, 3.05) is 13.4 Å². The van der Waals surface area contributed by atoms with Crippen LogP contribution < -0.4 is 9.47 Å². The molecule has 1 aromatic carbocycles. The van der Waals surface area contributed by atoms with Gasteiger partial charge in [-0.2, -0.15) is 0 Å². The minimum absolute atomic E-state index is 0.335. The third kappa shape index (κ3) is 3.41. The van der Waals surface area contributed by atoms with Gasteiger partial charge in [-0.15, -0.1) is 0 Å². The van der Waals surface area contributed by atoms with Gasteiger partial charge < -0.3 is 14.2 Å². The first kappa shape index (κ1) is 12.8. The first-order valence-corrected chi connectivity index (χ1v) is 7.38. The summed E-state index contributed by atoms with van der Waals surface area (Å²) in [4.78, 5) is 0. The number of ether oxygens (including phenoxy) is 3. The SMILES string of the molecule is c1cc2c(cc1COCCC1CCCCC1)OCO2. The van der Waals surface area contributed by atoms with E-state index in [0.29, 0.717) is 13.4 Å². The Morgan fingerprint density at radius 3 is 2.79 bits per heavy atom. The van der Waals surface area contributed by atoms with Crippen molar-refractivity contribution in [1.82, 2.24) is 0 Å². The third-order valence-electron chi connectivity index (χ3n) is 4.10. The van der Waals surface area contributed by atoms with Gasteiger partial charge in [-0.25, -0.2) is 0 Å². The van der Waals surface area contributed by atoms with Crippen LogP contribution in [0.15, 0.2) is 18.2 Å². The molecule has 1 aromatic rings. The Balaban J connectivity index is 1.40. The maximum Gasteiger partial charge on any atom is 0.231 e. The summed E-state index contributed by atoms with van der Waals surface area (Å²) < 4.78 is 16.4. The van der Waals surface area contributed by atoms with Gasteiger partial charge in [-0.1, -0.05) is 38.2 Å². The monoisotopic (exact) mass is 262 g/mol. The Labute approximate surface area is 114 Å². The van der Waals surface area contributed by atoms with Crippen LogP contribution in [0.1, 0.15) is 44.1 Å². The van der Waals surface area contributed by atoms with Gasteiger partial charge in [0.25, 0.3) is 0 Å². The molecule has 0 N–H and O–H groups in total. The van der Waals surface area contributed by atoms with E-state index in [9.17, 15) is 0 Å². The fraction of sp³-hybridized carbons (Fsp3) is 0.625. The van der Waals surface area contributed by atoms with Crippen molar-refractivity contribution in [2.45, 2.75) is 45.1 Å². The van der Waals surface area contributed by atoms with Crippen molar-refractivity contribution < 1.29 is 14.2 Å². The molecule has 0 atom stereocenters. The lowest BCUT2D eigenvalue weighted by Crippen LogP contribution is -2.09. The quantitative estimate of drug-likeness (QED) is 0.753. The number of fused-ring (bicyclic) bond motifs is 1. The van der Waals surface area contributed by atoms with E-state index >= 15 is 0 Å². The van der Waals surface area contributed by atoms with Gasteiger partial charge in [0.15, 0.2) is 11.5 Å². The summed E-state index contributed by atoms with van der Waals surface area (Å²) in [6.45, 7) is 1.88. The van der Waals surface area contributed by atoms with E-state index in [1.807, 2.05) is 18.2 Å². The number of benzene rings is 1. The molecule has 104 valence electrons. The zero-order valence-electron chi connectivity index (χ0n) is 11.4. The summed E-state index contributed by atoms with van der Waals surface area (Å²) in [6.07, 6.45) is 8.25. The third-order valence-corrected chi connectivity index (χ3v) is 4.10. The van der Waals surface area contributed by atoms with Gasteiger partial charge in [0.2, 0.25) is 6.79 Å². The fourth-order valence-electron chi connectivity index (χ4n) is 2.95. The largest absolute Gasteiger partial charge is 0.454 e. The minimum atomic E-state index is 0.335. The van der Waals surface area contributed by atoms with Crippen LogP contribution in [0.3, 0.4) is 0 Å². The molecule has 0 amide bonds. The van der Waals surface area contributed by atoms with Gasteiger partial charge in [-0.3, -0.25) is 0 Å². The van der Waals surface area contributed by atoms with Crippen molar-refractivity contribution >= 4 is 0 Å². The van der Waals surface area contributed by atoms with Gasteiger partial charge in [-0.05, 0) is 30.0 Å². The van der Waals surface area contributed by atoms with Crippen LogP contribution in [0.5, 0.6) is 11.5 Å². The average molecular weight is 262 g/mol. The molecule has 1 heterocycles. The number of hydrogen-bond donors (Lipinski definition) is 0. The molecule has 0 aromatic heterocycles. The molecule has 1 fully saturated rings. The van der Waals surface area contributed by atoms with Crippen LogP contribution in [-0.4, -0.2) is 13.4 Å². The molecule has 3 nitrogen and oxygen atoms in total. The summed E-state index contributed by atoms with van der Waals surface area (Å²) in [6, 6.07) is 6.03. The Kier molecular flexibility index (Phi) is 4.23. The lowest BCUT2D eigenvalue weighted by Gasteiger charge is -2.21. The van der Waals surface area contributed by atoms with Crippen LogP contribution in [0.4, 0.5) is 0 Å². The second-order valence-electron chi connectivity index (χ2n) is 5.53. The van der Waals surface area contributed by atoms with Crippen LogP contribution in [0.25, 0.3) is 0 Å². The molecular formula is C16H22O3. The molecule has 0 saturated heterocycles. The van der Waals surface area contributed by atoms with E-state index in [1.54, 1.807) is 0 Å². The summed E-state index contributed by atoms with van der Waals surface area (Å²) >= 11 is 0. The Bertz CT molecular complexity index is 410. The summed E-state index contributed by atoms with van der Waals surface area (Å²) in [7, 11) is 0. The molecule has 0 bridgehead atoms. The highest BCUT2D eigenvalue weighted by Gasteiger charge is 2.14. The maximum atomic E-state index is 5.79. The highest BCUT2D eigenvalue weighted by molar-refractivity contribution is 5.44. The summed E-state index contributed by atoms with van der Waals surface area (Å²) in [5.74, 6) is 2.57. The van der Waals surface area contributed by atoms with E-state index in [0.717, 1.165) is 29.6 Å². The van der Waals surface area contributed by atoms with E-state index in [4.69, 9.17) is 14.2 Å². The molecule has 0 unspecified atom stereocenters. The molecule has 3 rings (SSSR count). The van der Waals surface area contributed by atoms with E-state index in [1.165, 1.54) is 38.5 Å². The Morgan fingerprint density at radius 2 is 1.89 bits per heavy atom. The van der Waals surface area contributed by atoms with Gasteiger partial charge in [0.1, 0.15) is 0 Å². The molecule has 2 aliphatic rings. The molecule has 19 heavy (non-hydrogen) atoms.